The van der Waals surface area contributed by atoms with Crippen LogP contribution in [0.4, 0.5) is 21.2 Å². The van der Waals surface area contributed by atoms with Crippen LogP contribution in [-0.2, 0) is 16.2 Å². The number of carbonyl (C=O) groups excluding carboxylic acids is 4. The van der Waals surface area contributed by atoms with Gasteiger partial charge in [-0.15, -0.1) is 0 Å². The topological polar surface area (TPSA) is 198 Å². The number of benzene rings is 1. The molecule has 6 amide bonds. The van der Waals surface area contributed by atoms with Crippen molar-refractivity contribution in [1.82, 2.24) is 30.8 Å². The van der Waals surface area contributed by atoms with E-state index >= 15 is 0 Å². The average molecular weight is 775 g/mol. The smallest absolute Gasteiger partial charge is 0.321 e. The number of rotatable bonds is 25. The molecule has 1 aliphatic heterocycles. The summed E-state index contributed by atoms with van der Waals surface area (Å²) in [7, 11) is 0. The number of hydrogen-bond donors (Lipinski definition) is 4. The number of ether oxygens (including phenoxy) is 1. The number of amides is 6. The van der Waals surface area contributed by atoms with Crippen LogP contribution in [-0.4, -0.2) is 69.8 Å². The van der Waals surface area contributed by atoms with Crippen LogP contribution in [0.2, 0.25) is 0 Å². The van der Waals surface area contributed by atoms with Crippen LogP contribution < -0.4 is 26.0 Å². The summed E-state index contributed by atoms with van der Waals surface area (Å²) >= 11 is 0. The number of imide groups is 1. The fourth-order valence-corrected chi connectivity index (χ4v) is 8.04. The molecule has 2 bridgehead atoms. The first kappa shape index (κ1) is 42.1. The minimum absolute atomic E-state index is 0.0429. The summed E-state index contributed by atoms with van der Waals surface area (Å²) in [6.07, 6.45) is 19.9. The van der Waals surface area contributed by atoms with Crippen molar-refractivity contribution < 1.29 is 28.8 Å². The van der Waals surface area contributed by atoms with E-state index in [0.29, 0.717) is 37.4 Å². The zero-order valence-corrected chi connectivity index (χ0v) is 32.6. The summed E-state index contributed by atoms with van der Waals surface area (Å²) in [5, 5.41) is 22.5. The molecule has 4 unspecified atom stereocenters. The van der Waals surface area contributed by atoms with Gasteiger partial charge in [0.1, 0.15) is 6.61 Å². The zero-order valence-electron chi connectivity index (χ0n) is 32.6. The lowest BCUT2D eigenvalue weighted by Crippen LogP contribution is -2.36. The lowest BCUT2D eigenvalue weighted by Gasteiger charge is -2.17. The number of aryl methyl sites for hydroxylation is 1. The highest BCUT2D eigenvalue weighted by molar-refractivity contribution is 6.06. The highest BCUT2D eigenvalue weighted by atomic mass is 16.6. The molecule has 2 heterocycles. The fourth-order valence-electron chi connectivity index (χ4n) is 8.04. The second-order valence-electron chi connectivity index (χ2n) is 15.2. The number of hydrogen-bond acceptors (Lipinski definition) is 9. The summed E-state index contributed by atoms with van der Waals surface area (Å²) in [6.45, 7) is 4.00. The van der Waals surface area contributed by atoms with Crippen molar-refractivity contribution in [3.05, 3.63) is 63.9 Å². The molecule has 15 heteroatoms. The third-order valence-electron chi connectivity index (χ3n) is 11.0. The first-order chi connectivity index (χ1) is 27.2. The maximum Gasteiger partial charge on any atom is 0.321 e. The lowest BCUT2D eigenvalue weighted by atomic mass is 9.85. The maximum atomic E-state index is 12.8. The second kappa shape index (κ2) is 21.9. The quantitative estimate of drug-likeness (QED) is 0.0271. The molecule has 0 spiro atoms. The Kier molecular flexibility index (Phi) is 16.4. The van der Waals surface area contributed by atoms with Crippen molar-refractivity contribution in [2.75, 3.05) is 31.5 Å². The van der Waals surface area contributed by atoms with Gasteiger partial charge >= 0.3 is 12.1 Å². The molecule has 304 valence electrons. The van der Waals surface area contributed by atoms with Gasteiger partial charge in [0, 0.05) is 44.0 Å². The molecule has 1 aromatic carbocycles. The standard InChI is InChI=1S/C41H58N8O7/c1-29-26-34(56-28-32-18-12-13-19-33(32)49(54)55)46-39(45-29)47-41(53)44-24-16-10-9-15-23-43-40(52)42-22-14-8-6-4-2-3-5-7-11-17-25-48-37(50)35-30-20-21-31(27-30)36(35)38(48)51/h12-13,18-21,26,30-31,35-36H,2-11,14-17,22-25,27-28H2,1H3,(H2,42,43,52)(H2,44,45,46,47,53). The number of aromatic nitrogens is 2. The van der Waals surface area contributed by atoms with E-state index in [1.165, 1.54) is 38.2 Å². The summed E-state index contributed by atoms with van der Waals surface area (Å²) in [5.74, 6) is 0.831. The van der Waals surface area contributed by atoms with Crippen LogP contribution in [0.15, 0.2) is 42.5 Å². The van der Waals surface area contributed by atoms with Gasteiger partial charge in [0.25, 0.3) is 5.69 Å². The molecular formula is C41H58N8O7. The average Bonchev–Trinajstić information content (AvgIpc) is 3.87. The number of nitrogens with one attached hydrogen (secondary N) is 4. The Balaban J connectivity index is 0.776. The normalized spacial score (nSPS) is 19.3. The predicted molar refractivity (Wildman–Crippen MR) is 212 cm³/mol. The van der Waals surface area contributed by atoms with E-state index in [-0.39, 0.29) is 65.6 Å². The lowest BCUT2D eigenvalue weighted by molar-refractivity contribution is -0.385. The molecule has 5 rings (SSSR count). The van der Waals surface area contributed by atoms with Crippen LogP contribution in [0.5, 0.6) is 5.88 Å². The molecule has 3 aliphatic rings. The van der Waals surface area contributed by atoms with E-state index in [9.17, 15) is 29.3 Å². The zero-order chi connectivity index (χ0) is 39.7. The molecule has 1 saturated carbocycles. The van der Waals surface area contributed by atoms with Crippen molar-refractivity contribution >= 4 is 35.5 Å². The number of nitro groups is 1. The third kappa shape index (κ3) is 12.5. The van der Waals surface area contributed by atoms with Gasteiger partial charge in [-0.2, -0.15) is 4.98 Å². The van der Waals surface area contributed by atoms with Gasteiger partial charge in [-0.1, -0.05) is 88.5 Å². The highest BCUT2D eigenvalue weighted by Crippen LogP contribution is 2.52. The number of unbranched alkanes of at least 4 members (excludes halogenated alkanes) is 12. The number of fused-ring (bicyclic) bond motifs is 5. The van der Waals surface area contributed by atoms with Gasteiger partial charge in [-0.25, -0.2) is 14.6 Å². The van der Waals surface area contributed by atoms with E-state index in [0.717, 1.165) is 64.2 Å². The molecule has 2 fully saturated rings. The van der Waals surface area contributed by atoms with Crippen molar-refractivity contribution in [3.8, 4) is 5.88 Å². The Bertz CT molecular complexity index is 1660. The molecule has 2 aliphatic carbocycles. The molecule has 56 heavy (non-hydrogen) atoms. The molecule has 2 aromatic rings. The first-order valence-electron chi connectivity index (χ1n) is 20.5. The van der Waals surface area contributed by atoms with Crippen LogP contribution in [0, 0.1) is 40.7 Å². The Morgan fingerprint density at radius 2 is 1.29 bits per heavy atom. The van der Waals surface area contributed by atoms with Gasteiger partial charge < -0.3 is 20.7 Å². The number of carbonyl (C=O) groups is 4. The van der Waals surface area contributed by atoms with Crippen LogP contribution in [0.1, 0.15) is 108 Å². The maximum absolute atomic E-state index is 12.8. The van der Waals surface area contributed by atoms with Crippen molar-refractivity contribution in [3.63, 3.8) is 0 Å². The van der Waals surface area contributed by atoms with Crippen molar-refractivity contribution in [2.24, 2.45) is 23.7 Å². The monoisotopic (exact) mass is 774 g/mol. The van der Waals surface area contributed by atoms with Crippen LogP contribution in [0.25, 0.3) is 0 Å². The number of nitrogens with zero attached hydrogens (tertiary/aromatic N) is 4. The Morgan fingerprint density at radius 3 is 1.86 bits per heavy atom. The molecular weight excluding hydrogens is 716 g/mol. The highest BCUT2D eigenvalue weighted by Gasteiger charge is 2.58. The fraction of sp³-hybridized carbons (Fsp3) is 0.610. The number of urea groups is 2. The molecule has 4 atom stereocenters. The van der Waals surface area contributed by atoms with Crippen LogP contribution in [0.3, 0.4) is 0 Å². The number of nitro benzene ring substituents is 1. The van der Waals surface area contributed by atoms with Gasteiger partial charge in [-0.3, -0.25) is 29.9 Å². The van der Waals surface area contributed by atoms with E-state index in [1.54, 1.807) is 36.1 Å². The van der Waals surface area contributed by atoms with E-state index in [4.69, 9.17) is 4.74 Å². The Morgan fingerprint density at radius 1 is 0.768 bits per heavy atom. The van der Waals surface area contributed by atoms with Crippen molar-refractivity contribution in [1.29, 1.82) is 0 Å². The number of allylic oxidation sites excluding steroid dienone is 2. The summed E-state index contributed by atoms with van der Waals surface area (Å²) < 4.78 is 5.65. The van der Waals surface area contributed by atoms with Gasteiger partial charge in [-0.05, 0) is 56.9 Å². The molecule has 1 saturated heterocycles. The molecule has 4 N–H and O–H groups in total. The largest absolute Gasteiger partial charge is 0.472 e. The predicted octanol–water partition coefficient (Wildman–Crippen LogP) is 6.96. The van der Waals surface area contributed by atoms with Crippen LogP contribution >= 0.6 is 0 Å². The van der Waals surface area contributed by atoms with Crippen molar-refractivity contribution in [2.45, 2.75) is 110 Å². The van der Waals surface area contributed by atoms with Gasteiger partial charge in [0.05, 0.1) is 22.3 Å². The number of anilines is 1. The number of para-hydroxylation sites is 1. The van der Waals surface area contributed by atoms with Gasteiger partial charge in [0.2, 0.25) is 23.6 Å². The SMILES string of the molecule is Cc1cc(OCc2ccccc2[N+](=O)[O-])nc(NC(=O)NCCCCCCNC(=O)NCCCCCCCCCCCCN2C(=O)C3C4C=CC(C4)C3C2=O)n1. The third-order valence-corrected chi connectivity index (χ3v) is 11.0. The first-order valence-corrected chi connectivity index (χ1v) is 20.5. The molecule has 0 radical (unpaired) electrons. The summed E-state index contributed by atoms with van der Waals surface area (Å²) in [4.78, 5) is 70.7. The Hall–Kier alpha value is -5.08. The summed E-state index contributed by atoms with van der Waals surface area (Å²) in [5.41, 5.74) is 0.932. The van der Waals surface area contributed by atoms with E-state index in [2.05, 4.69) is 43.4 Å². The minimum atomic E-state index is -0.465. The minimum Gasteiger partial charge on any atom is -0.472 e. The second-order valence-corrected chi connectivity index (χ2v) is 15.2. The van der Waals surface area contributed by atoms with Gasteiger partial charge in [0.15, 0.2) is 0 Å². The summed E-state index contributed by atoms with van der Waals surface area (Å²) in [6, 6.07) is 7.31. The Labute approximate surface area is 329 Å². The van der Waals surface area contributed by atoms with E-state index in [1.807, 2.05) is 0 Å². The molecule has 1 aromatic heterocycles. The molecule has 15 nitrogen and oxygen atoms in total. The van der Waals surface area contributed by atoms with E-state index < -0.39 is 11.0 Å². The number of likely N-dealkylation sites (tertiary alicyclic amines) is 1.